The molecule has 2 N–H and O–H groups in total. The van der Waals surface area contributed by atoms with Crippen molar-refractivity contribution in [2.45, 2.75) is 0 Å². The molecule has 28 heavy (non-hydrogen) atoms. The highest BCUT2D eigenvalue weighted by atomic mass is 79.9. The van der Waals surface area contributed by atoms with E-state index in [1.807, 2.05) is 0 Å². The van der Waals surface area contributed by atoms with Crippen LogP contribution in [0.5, 0.6) is 11.5 Å². The molecule has 8 nitrogen and oxygen atoms in total. The summed E-state index contributed by atoms with van der Waals surface area (Å²) in [6.45, 7) is 0. The zero-order chi connectivity index (χ0) is 20.4. The lowest BCUT2D eigenvalue weighted by Crippen LogP contribution is -2.19. The van der Waals surface area contributed by atoms with Gasteiger partial charge in [-0.3, -0.25) is 14.9 Å². The van der Waals surface area contributed by atoms with Crippen LogP contribution in [-0.2, 0) is 4.79 Å². The summed E-state index contributed by atoms with van der Waals surface area (Å²) in [4.78, 5) is 27.3. The molecule has 3 rings (SSSR count). The Morgan fingerprint density at radius 3 is 2.82 bits per heavy atom. The number of nitrogens with one attached hydrogen (secondary N) is 1. The van der Waals surface area contributed by atoms with Crippen molar-refractivity contribution in [2.75, 3.05) is 7.11 Å². The summed E-state index contributed by atoms with van der Waals surface area (Å²) in [6.07, 6.45) is 1.59. The lowest BCUT2D eigenvalue weighted by atomic mass is 10.2. The van der Waals surface area contributed by atoms with Gasteiger partial charge in [-0.2, -0.15) is 0 Å². The number of ether oxygens (including phenoxy) is 1. The molecule has 144 valence electrons. The Bertz CT molecular complexity index is 1060. The number of amides is 1. The highest BCUT2D eigenvalue weighted by Gasteiger charge is 2.25. The Hall–Kier alpha value is -2.56. The number of nitro groups is 1. The molecule has 0 atom stereocenters. The minimum atomic E-state index is -0.594. The van der Waals surface area contributed by atoms with Crippen LogP contribution in [0.4, 0.5) is 11.4 Å². The van der Waals surface area contributed by atoms with Gasteiger partial charge >= 0.3 is 0 Å². The van der Waals surface area contributed by atoms with Crippen molar-refractivity contribution in [3.05, 3.63) is 60.4 Å². The molecule has 1 amide bonds. The predicted molar refractivity (Wildman–Crippen MR) is 111 cm³/mol. The number of nitrogens with zero attached hydrogens (tertiary/aromatic N) is 2. The van der Waals surface area contributed by atoms with Gasteiger partial charge in [-0.25, -0.2) is 4.99 Å². The zero-order valence-corrected chi connectivity index (χ0v) is 17.3. The van der Waals surface area contributed by atoms with Crippen molar-refractivity contribution in [3.63, 3.8) is 0 Å². The van der Waals surface area contributed by atoms with E-state index in [-0.39, 0.29) is 33.1 Å². The van der Waals surface area contributed by atoms with Crippen molar-refractivity contribution in [1.82, 2.24) is 5.32 Å². The van der Waals surface area contributed by atoms with Crippen LogP contribution in [0.25, 0.3) is 6.08 Å². The summed E-state index contributed by atoms with van der Waals surface area (Å²) in [5.41, 5.74) is 0.421. The quantitative estimate of drug-likeness (QED) is 0.372. The molecule has 11 heteroatoms. The van der Waals surface area contributed by atoms with E-state index in [0.717, 1.165) is 11.8 Å². The molecule has 0 aromatic heterocycles. The number of phenolic OH excluding ortho intramolecular Hbond substituents is 1. The van der Waals surface area contributed by atoms with Gasteiger partial charge in [0.1, 0.15) is 5.69 Å². The number of hydrogen-bond donors (Lipinski definition) is 2. The monoisotopic (exact) mass is 483 g/mol. The number of aromatic hydroxyl groups is 1. The molecule has 1 aliphatic rings. The molecule has 0 aliphatic carbocycles. The number of thioether (sulfide) groups is 1. The number of carbonyl (C=O) groups is 1. The maximum absolute atomic E-state index is 12.2. The third kappa shape index (κ3) is 4.29. The molecule has 0 unspecified atom stereocenters. The molecule has 1 heterocycles. The number of nitro benzene ring substituents is 1. The number of methoxy groups -OCH3 is 1. The van der Waals surface area contributed by atoms with E-state index < -0.39 is 10.8 Å². The van der Waals surface area contributed by atoms with E-state index in [1.54, 1.807) is 18.2 Å². The van der Waals surface area contributed by atoms with Gasteiger partial charge in [-0.05, 0) is 63.6 Å². The Balaban J connectivity index is 1.93. The summed E-state index contributed by atoms with van der Waals surface area (Å²) in [5.74, 6) is -0.204. The van der Waals surface area contributed by atoms with Crippen LogP contribution in [0.3, 0.4) is 0 Å². The first-order chi connectivity index (χ1) is 13.3. The zero-order valence-electron chi connectivity index (χ0n) is 14.1. The molecule has 1 fully saturated rings. The SMILES string of the molecule is COc1cc(/C=C2/SC(=Nc3ccc(Cl)cc3[N+](=O)[O-])NC2=O)cc(Br)c1O. The number of aliphatic imine (C=N–C) groups is 1. The lowest BCUT2D eigenvalue weighted by molar-refractivity contribution is -0.384. The minimum Gasteiger partial charge on any atom is -0.503 e. The average molecular weight is 485 g/mol. The third-order valence-electron chi connectivity index (χ3n) is 3.58. The van der Waals surface area contributed by atoms with Gasteiger partial charge in [0.15, 0.2) is 16.7 Å². The van der Waals surface area contributed by atoms with Gasteiger partial charge in [-0.15, -0.1) is 0 Å². The van der Waals surface area contributed by atoms with Crippen molar-refractivity contribution in [2.24, 2.45) is 4.99 Å². The number of benzene rings is 2. The number of hydrogen-bond acceptors (Lipinski definition) is 7. The fourth-order valence-corrected chi connectivity index (χ4v) is 3.77. The first-order valence-corrected chi connectivity index (χ1v) is 9.57. The number of amidine groups is 1. The van der Waals surface area contributed by atoms with Crippen molar-refractivity contribution >= 4 is 67.8 Å². The number of rotatable bonds is 4. The number of phenols is 1. The van der Waals surface area contributed by atoms with E-state index >= 15 is 0 Å². The summed E-state index contributed by atoms with van der Waals surface area (Å²) < 4.78 is 5.50. The molecule has 0 radical (unpaired) electrons. The first-order valence-electron chi connectivity index (χ1n) is 7.58. The first kappa shape index (κ1) is 20.2. The molecule has 1 saturated heterocycles. The van der Waals surface area contributed by atoms with Gasteiger partial charge in [0.2, 0.25) is 0 Å². The molecule has 2 aromatic rings. The highest BCUT2D eigenvalue weighted by molar-refractivity contribution is 9.10. The standard InChI is InChI=1S/C17H11BrClN3O5S/c1-27-13-5-8(4-10(18)15(13)23)6-14-16(24)21-17(28-14)20-11-3-2-9(19)7-12(11)22(25)26/h2-7,23H,1H3,(H,20,21,24)/b14-6+. The molecule has 2 aromatic carbocycles. The number of halogens is 2. The van der Waals surface area contributed by atoms with E-state index in [2.05, 4.69) is 26.2 Å². The van der Waals surface area contributed by atoms with Crippen LogP contribution in [-0.4, -0.2) is 28.2 Å². The normalized spacial score (nSPS) is 16.5. The predicted octanol–water partition coefficient (Wildman–Crippen LogP) is 4.62. The van der Waals surface area contributed by atoms with Gasteiger partial charge in [-0.1, -0.05) is 11.6 Å². The summed E-state index contributed by atoms with van der Waals surface area (Å²) in [5, 5.41) is 24.0. The Morgan fingerprint density at radius 1 is 1.39 bits per heavy atom. The van der Waals surface area contributed by atoms with Gasteiger partial charge in [0, 0.05) is 11.1 Å². The number of carbonyl (C=O) groups excluding carboxylic acids is 1. The van der Waals surface area contributed by atoms with Crippen LogP contribution in [0.2, 0.25) is 5.02 Å². The van der Waals surface area contributed by atoms with Gasteiger partial charge in [0.05, 0.1) is 21.4 Å². The third-order valence-corrected chi connectivity index (χ3v) is 5.32. The second-order valence-electron chi connectivity index (χ2n) is 5.43. The van der Waals surface area contributed by atoms with E-state index in [9.17, 15) is 20.0 Å². The smallest absolute Gasteiger partial charge is 0.296 e. The summed E-state index contributed by atoms with van der Waals surface area (Å²) >= 11 is 10.0. The maximum Gasteiger partial charge on any atom is 0.296 e. The van der Waals surface area contributed by atoms with Crippen LogP contribution < -0.4 is 10.1 Å². The Labute approximate surface area is 176 Å². The van der Waals surface area contributed by atoms with Crippen molar-refractivity contribution in [3.8, 4) is 11.5 Å². The largest absolute Gasteiger partial charge is 0.503 e. The van der Waals surface area contributed by atoms with Gasteiger partial charge in [0.25, 0.3) is 11.6 Å². The fraction of sp³-hybridized carbons (Fsp3) is 0.0588. The van der Waals surface area contributed by atoms with Crippen LogP contribution in [0.15, 0.2) is 44.7 Å². The molecule has 0 saturated carbocycles. The average Bonchev–Trinajstić information content (AvgIpc) is 2.98. The molecule has 0 bridgehead atoms. The highest BCUT2D eigenvalue weighted by Crippen LogP contribution is 2.37. The van der Waals surface area contributed by atoms with Crippen LogP contribution in [0, 0.1) is 10.1 Å². The van der Waals surface area contributed by atoms with E-state index in [1.165, 1.54) is 25.3 Å². The Morgan fingerprint density at radius 2 is 2.14 bits per heavy atom. The topological polar surface area (TPSA) is 114 Å². The molecular formula is C17H11BrClN3O5S. The van der Waals surface area contributed by atoms with E-state index in [4.69, 9.17) is 16.3 Å². The minimum absolute atomic E-state index is 0.0505. The molecular weight excluding hydrogens is 474 g/mol. The fourth-order valence-electron chi connectivity index (χ4n) is 2.31. The Kier molecular flexibility index (Phi) is 5.92. The molecule has 1 aliphatic heterocycles. The molecule has 0 spiro atoms. The maximum atomic E-state index is 12.2. The van der Waals surface area contributed by atoms with Crippen LogP contribution in [0.1, 0.15) is 5.56 Å². The van der Waals surface area contributed by atoms with Crippen LogP contribution >= 0.6 is 39.3 Å². The summed E-state index contributed by atoms with van der Waals surface area (Å²) in [6, 6.07) is 7.27. The van der Waals surface area contributed by atoms with Crippen molar-refractivity contribution in [1.29, 1.82) is 0 Å². The second kappa shape index (κ2) is 8.21. The summed E-state index contributed by atoms with van der Waals surface area (Å²) in [7, 11) is 1.42. The van der Waals surface area contributed by atoms with E-state index in [0.29, 0.717) is 14.9 Å². The van der Waals surface area contributed by atoms with Crippen molar-refractivity contribution < 1.29 is 19.6 Å². The lowest BCUT2D eigenvalue weighted by Gasteiger charge is -2.06. The van der Waals surface area contributed by atoms with Gasteiger partial charge < -0.3 is 15.2 Å². The second-order valence-corrected chi connectivity index (χ2v) is 7.75.